The summed E-state index contributed by atoms with van der Waals surface area (Å²) in [5.41, 5.74) is 8.95. The molecule has 26 heavy (non-hydrogen) atoms. The lowest BCUT2D eigenvalue weighted by Crippen LogP contribution is -2.19. The molecule has 0 radical (unpaired) electrons. The van der Waals surface area contributed by atoms with Crippen LogP contribution >= 0.6 is 0 Å². The molecule has 0 saturated heterocycles. The van der Waals surface area contributed by atoms with Crippen molar-refractivity contribution in [3.05, 3.63) is 42.2 Å². The Morgan fingerprint density at radius 1 is 1.23 bits per heavy atom. The molecule has 0 aliphatic heterocycles. The van der Waals surface area contributed by atoms with Crippen LogP contribution in [0.3, 0.4) is 0 Å². The molecule has 0 bridgehead atoms. The molecule has 0 amide bonds. The van der Waals surface area contributed by atoms with Gasteiger partial charge in [-0.3, -0.25) is 4.98 Å². The maximum Gasteiger partial charge on any atom is 0.229 e. The third-order valence-corrected chi connectivity index (χ3v) is 4.17. The molecule has 0 spiro atoms. The van der Waals surface area contributed by atoms with E-state index in [4.69, 9.17) is 5.73 Å². The van der Waals surface area contributed by atoms with Gasteiger partial charge in [0.25, 0.3) is 0 Å². The van der Waals surface area contributed by atoms with Crippen LogP contribution in [0.5, 0.6) is 0 Å². The highest BCUT2D eigenvalue weighted by atomic mass is 15.2. The van der Waals surface area contributed by atoms with E-state index in [0.717, 1.165) is 41.1 Å². The van der Waals surface area contributed by atoms with Gasteiger partial charge in [-0.25, -0.2) is 9.98 Å². The Morgan fingerprint density at radius 3 is 2.81 bits per heavy atom. The third-order valence-electron chi connectivity index (χ3n) is 4.17. The second-order valence-electron chi connectivity index (χ2n) is 5.85. The Morgan fingerprint density at radius 2 is 2.08 bits per heavy atom. The first kappa shape index (κ1) is 17.6. The summed E-state index contributed by atoms with van der Waals surface area (Å²) in [7, 11) is 1.97. The molecule has 7 heteroatoms. The molecule has 2 aromatic heterocycles. The Labute approximate surface area is 153 Å². The van der Waals surface area contributed by atoms with Gasteiger partial charge in [0.2, 0.25) is 5.95 Å². The molecule has 2 heterocycles. The summed E-state index contributed by atoms with van der Waals surface area (Å²) in [5, 5.41) is 4.36. The SMILES string of the molecule is CCc1nc(Nc2ccc3ncccc3c2)nc(N(C)CC)c1N=CN. The Kier molecular flexibility index (Phi) is 5.26. The van der Waals surface area contributed by atoms with Gasteiger partial charge in [-0.1, -0.05) is 13.0 Å². The average molecular weight is 349 g/mol. The van der Waals surface area contributed by atoms with Crippen LogP contribution in [0.2, 0.25) is 0 Å². The zero-order valence-electron chi connectivity index (χ0n) is 15.3. The van der Waals surface area contributed by atoms with E-state index >= 15 is 0 Å². The zero-order valence-corrected chi connectivity index (χ0v) is 15.3. The highest BCUT2D eigenvalue weighted by molar-refractivity contribution is 5.83. The van der Waals surface area contributed by atoms with E-state index in [2.05, 4.69) is 32.2 Å². The molecule has 134 valence electrons. The average Bonchev–Trinajstić information content (AvgIpc) is 2.68. The molecule has 0 saturated carbocycles. The zero-order chi connectivity index (χ0) is 18.5. The van der Waals surface area contributed by atoms with E-state index in [9.17, 15) is 0 Å². The van der Waals surface area contributed by atoms with E-state index in [-0.39, 0.29) is 0 Å². The largest absolute Gasteiger partial charge is 0.390 e. The first-order valence-corrected chi connectivity index (χ1v) is 8.64. The number of rotatable bonds is 6. The molecular formula is C19H23N7. The summed E-state index contributed by atoms with van der Waals surface area (Å²) in [6.45, 7) is 4.90. The van der Waals surface area contributed by atoms with Crippen LogP contribution < -0.4 is 16.0 Å². The molecule has 0 aliphatic carbocycles. The van der Waals surface area contributed by atoms with Crippen molar-refractivity contribution >= 4 is 40.4 Å². The Bertz CT molecular complexity index is 936. The number of fused-ring (bicyclic) bond motifs is 1. The maximum atomic E-state index is 5.52. The lowest BCUT2D eigenvalue weighted by atomic mass is 10.2. The quantitative estimate of drug-likeness (QED) is 0.523. The standard InChI is InChI=1S/C19H23N7/c1-4-15-17(22-12-20)18(26(3)5-2)25-19(24-15)23-14-8-9-16-13(11-14)7-6-10-21-16/h6-12H,4-5H2,1-3H3,(H2,20,22)(H,23,24,25). The van der Waals surface area contributed by atoms with E-state index in [1.807, 2.05) is 49.2 Å². The van der Waals surface area contributed by atoms with Crippen LogP contribution in [0, 0.1) is 0 Å². The van der Waals surface area contributed by atoms with Crippen molar-refractivity contribution in [2.75, 3.05) is 23.8 Å². The minimum atomic E-state index is 0.538. The van der Waals surface area contributed by atoms with Gasteiger partial charge >= 0.3 is 0 Å². The number of aryl methyl sites for hydroxylation is 1. The lowest BCUT2D eigenvalue weighted by Gasteiger charge is -2.20. The Balaban J connectivity index is 2.03. The molecule has 7 nitrogen and oxygen atoms in total. The number of aromatic nitrogens is 3. The van der Waals surface area contributed by atoms with E-state index in [1.54, 1.807) is 6.20 Å². The van der Waals surface area contributed by atoms with Crippen molar-refractivity contribution in [1.82, 2.24) is 15.0 Å². The van der Waals surface area contributed by atoms with E-state index < -0.39 is 0 Å². The molecular weight excluding hydrogens is 326 g/mol. The number of hydrogen-bond donors (Lipinski definition) is 2. The minimum Gasteiger partial charge on any atom is -0.390 e. The second kappa shape index (κ2) is 7.77. The lowest BCUT2D eigenvalue weighted by molar-refractivity contribution is 0.912. The first-order chi connectivity index (χ1) is 12.7. The Hall–Kier alpha value is -3.22. The summed E-state index contributed by atoms with van der Waals surface area (Å²) in [4.78, 5) is 19.9. The molecule has 0 unspecified atom stereocenters. The van der Waals surface area contributed by atoms with Gasteiger partial charge in [0.1, 0.15) is 5.69 Å². The van der Waals surface area contributed by atoms with Crippen molar-refractivity contribution in [3.63, 3.8) is 0 Å². The highest BCUT2D eigenvalue weighted by Crippen LogP contribution is 2.31. The summed E-state index contributed by atoms with van der Waals surface area (Å²) in [6.07, 6.45) is 3.81. The van der Waals surface area contributed by atoms with E-state index in [1.165, 1.54) is 6.34 Å². The number of pyridine rings is 1. The van der Waals surface area contributed by atoms with Crippen LogP contribution in [0.4, 0.5) is 23.1 Å². The van der Waals surface area contributed by atoms with Crippen molar-refractivity contribution in [2.24, 2.45) is 10.7 Å². The first-order valence-electron chi connectivity index (χ1n) is 8.64. The summed E-state index contributed by atoms with van der Waals surface area (Å²) in [6, 6.07) is 9.93. The van der Waals surface area contributed by atoms with E-state index in [0.29, 0.717) is 11.6 Å². The van der Waals surface area contributed by atoms with Gasteiger partial charge in [-0.2, -0.15) is 4.98 Å². The van der Waals surface area contributed by atoms with Crippen molar-refractivity contribution in [1.29, 1.82) is 0 Å². The fourth-order valence-corrected chi connectivity index (χ4v) is 2.70. The third kappa shape index (κ3) is 3.56. The summed E-state index contributed by atoms with van der Waals surface area (Å²) >= 11 is 0. The van der Waals surface area contributed by atoms with Gasteiger partial charge in [0.05, 0.1) is 17.5 Å². The minimum absolute atomic E-state index is 0.538. The number of aliphatic imine (C=N–C) groups is 1. The monoisotopic (exact) mass is 349 g/mol. The van der Waals surface area contributed by atoms with Crippen LogP contribution in [0.15, 0.2) is 41.5 Å². The highest BCUT2D eigenvalue weighted by Gasteiger charge is 2.15. The van der Waals surface area contributed by atoms with Crippen LogP contribution in [0.25, 0.3) is 10.9 Å². The summed E-state index contributed by atoms with van der Waals surface area (Å²) in [5.74, 6) is 1.29. The van der Waals surface area contributed by atoms with Crippen molar-refractivity contribution < 1.29 is 0 Å². The molecule has 3 rings (SSSR count). The topological polar surface area (TPSA) is 92.3 Å². The summed E-state index contributed by atoms with van der Waals surface area (Å²) < 4.78 is 0. The van der Waals surface area contributed by atoms with Gasteiger partial charge in [-0.15, -0.1) is 0 Å². The fourth-order valence-electron chi connectivity index (χ4n) is 2.70. The molecule has 0 aliphatic rings. The predicted molar refractivity (Wildman–Crippen MR) is 108 cm³/mol. The fraction of sp³-hybridized carbons (Fsp3) is 0.263. The number of anilines is 3. The predicted octanol–water partition coefficient (Wildman–Crippen LogP) is 3.41. The maximum absolute atomic E-state index is 5.52. The number of nitrogens with two attached hydrogens (primary N) is 1. The normalized spacial score (nSPS) is 11.2. The molecule has 0 atom stereocenters. The molecule has 0 fully saturated rings. The van der Waals surface area contributed by atoms with Gasteiger partial charge < -0.3 is 16.0 Å². The molecule has 3 aromatic rings. The van der Waals surface area contributed by atoms with Crippen LogP contribution in [-0.4, -0.2) is 34.9 Å². The molecule has 1 aromatic carbocycles. The molecule has 3 N–H and O–H groups in total. The van der Waals surface area contributed by atoms with Crippen LogP contribution in [0.1, 0.15) is 19.5 Å². The number of hydrogen-bond acceptors (Lipinski definition) is 6. The smallest absolute Gasteiger partial charge is 0.229 e. The van der Waals surface area contributed by atoms with Crippen molar-refractivity contribution in [2.45, 2.75) is 20.3 Å². The second-order valence-corrected chi connectivity index (χ2v) is 5.85. The van der Waals surface area contributed by atoms with Gasteiger partial charge in [0, 0.05) is 30.9 Å². The van der Waals surface area contributed by atoms with Gasteiger partial charge in [-0.05, 0) is 37.6 Å². The van der Waals surface area contributed by atoms with Gasteiger partial charge in [0.15, 0.2) is 5.82 Å². The number of nitrogens with one attached hydrogen (secondary N) is 1. The van der Waals surface area contributed by atoms with Crippen LogP contribution in [-0.2, 0) is 6.42 Å². The number of nitrogens with zero attached hydrogens (tertiary/aromatic N) is 5. The number of benzene rings is 1. The van der Waals surface area contributed by atoms with Crippen molar-refractivity contribution in [3.8, 4) is 0 Å².